The molecule has 0 N–H and O–H groups in total. The summed E-state index contributed by atoms with van der Waals surface area (Å²) in [7, 11) is 0. The lowest BCUT2D eigenvalue weighted by Gasteiger charge is -2.06. The van der Waals surface area contributed by atoms with E-state index in [0.29, 0.717) is 12.2 Å². The molecule has 0 atom stereocenters. The van der Waals surface area contributed by atoms with Gasteiger partial charge < -0.3 is 4.74 Å². The summed E-state index contributed by atoms with van der Waals surface area (Å²) in [5.74, 6) is 0.737. The third kappa shape index (κ3) is 2.74. The molecule has 0 amide bonds. The van der Waals surface area contributed by atoms with E-state index in [2.05, 4.69) is 22.0 Å². The van der Waals surface area contributed by atoms with Crippen molar-refractivity contribution >= 4 is 15.9 Å². The number of rotatable bonds is 3. The van der Waals surface area contributed by atoms with Crippen LogP contribution in [0, 0.1) is 11.3 Å². The number of ether oxygens (including phenoxy) is 1. The Balaban J connectivity index is 2.85. The highest BCUT2D eigenvalue weighted by Gasteiger charge is 2.01. The summed E-state index contributed by atoms with van der Waals surface area (Å²) in [6.45, 7) is 2.72. The van der Waals surface area contributed by atoms with Crippen LogP contribution in [0.5, 0.6) is 5.75 Å². The standard InChI is InChI=1S/C10H10BrNO/c1-2-5-13-10-6-8(7-12)3-4-9(10)11/h3-4,6H,2,5H2,1H3. The van der Waals surface area contributed by atoms with Gasteiger partial charge in [-0.1, -0.05) is 6.92 Å². The Bertz CT molecular complexity index is 330. The van der Waals surface area contributed by atoms with E-state index in [1.165, 1.54) is 0 Å². The molecule has 0 saturated carbocycles. The first-order chi connectivity index (χ1) is 6.27. The average molecular weight is 240 g/mol. The largest absolute Gasteiger partial charge is 0.492 e. The number of benzene rings is 1. The monoisotopic (exact) mass is 239 g/mol. The third-order valence-corrected chi connectivity index (χ3v) is 2.18. The van der Waals surface area contributed by atoms with Gasteiger partial charge in [0.05, 0.1) is 22.7 Å². The summed E-state index contributed by atoms with van der Waals surface area (Å²) in [4.78, 5) is 0. The minimum atomic E-state index is 0.620. The number of nitriles is 1. The molecule has 0 fully saturated rings. The maximum atomic E-state index is 8.66. The molecule has 0 aliphatic carbocycles. The Morgan fingerprint density at radius 3 is 2.92 bits per heavy atom. The summed E-state index contributed by atoms with van der Waals surface area (Å²) >= 11 is 3.36. The van der Waals surface area contributed by atoms with E-state index in [1.54, 1.807) is 12.1 Å². The zero-order chi connectivity index (χ0) is 9.68. The summed E-state index contributed by atoms with van der Waals surface area (Å²) in [5.41, 5.74) is 0.620. The summed E-state index contributed by atoms with van der Waals surface area (Å²) in [5, 5.41) is 8.66. The van der Waals surface area contributed by atoms with Gasteiger partial charge in [-0.05, 0) is 40.5 Å². The van der Waals surface area contributed by atoms with Crippen LogP contribution in [-0.2, 0) is 0 Å². The van der Waals surface area contributed by atoms with E-state index in [1.807, 2.05) is 13.0 Å². The predicted molar refractivity (Wildman–Crippen MR) is 54.6 cm³/mol. The minimum absolute atomic E-state index is 0.620. The van der Waals surface area contributed by atoms with Gasteiger partial charge in [0.1, 0.15) is 5.75 Å². The van der Waals surface area contributed by atoms with Crippen LogP contribution in [0.2, 0.25) is 0 Å². The van der Waals surface area contributed by atoms with E-state index in [9.17, 15) is 0 Å². The quantitative estimate of drug-likeness (QED) is 0.813. The van der Waals surface area contributed by atoms with Crippen molar-refractivity contribution in [3.63, 3.8) is 0 Å². The summed E-state index contributed by atoms with van der Waals surface area (Å²) in [6.07, 6.45) is 0.962. The normalized spacial score (nSPS) is 9.31. The van der Waals surface area contributed by atoms with Gasteiger partial charge in [-0.3, -0.25) is 0 Å². The zero-order valence-electron chi connectivity index (χ0n) is 7.38. The SMILES string of the molecule is CCCOc1cc(C#N)ccc1Br. The van der Waals surface area contributed by atoms with Crippen molar-refractivity contribution in [2.75, 3.05) is 6.61 Å². The van der Waals surface area contributed by atoms with Gasteiger partial charge in [0.2, 0.25) is 0 Å². The van der Waals surface area contributed by atoms with Crippen molar-refractivity contribution in [1.29, 1.82) is 5.26 Å². The average Bonchev–Trinajstić information content (AvgIpc) is 2.17. The third-order valence-electron chi connectivity index (χ3n) is 1.52. The molecule has 68 valence electrons. The highest BCUT2D eigenvalue weighted by atomic mass is 79.9. The van der Waals surface area contributed by atoms with Crippen molar-refractivity contribution in [1.82, 2.24) is 0 Å². The first kappa shape index (κ1) is 10.1. The van der Waals surface area contributed by atoms with Crippen molar-refractivity contribution in [3.8, 4) is 11.8 Å². The number of halogens is 1. The number of hydrogen-bond donors (Lipinski definition) is 0. The van der Waals surface area contributed by atoms with Crippen LogP contribution in [0.4, 0.5) is 0 Å². The Labute approximate surface area is 86.3 Å². The van der Waals surface area contributed by atoms with Crippen LogP contribution in [0.25, 0.3) is 0 Å². The van der Waals surface area contributed by atoms with Crippen LogP contribution in [-0.4, -0.2) is 6.61 Å². The maximum absolute atomic E-state index is 8.66. The van der Waals surface area contributed by atoms with Gasteiger partial charge in [-0.15, -0.1) is 0 Å². The molecule has 3 heteroatoms. The van der Waals surface area contributed by atoms with Crippen LogP contribution >= 0.6 is 15.9 Å². The fourth-order valence-electron chi connectivity index (χ4n) is 0.896. The Morgan fingerprint density at radius 1 is 1.54 bits per heavy atom. The van der Waals surface area contributed by atoms with E-state index in [0.717, 1.165) is 16.6 Å². The molecule has 2 nitrogen and oxygen atoms in total. The molecule has 0 heterocycles. The molecule has 0 saturated heterocycles. The molecule has 0 spiro atoms. The van der Waals surface area contributed by atoms with Crippen LogP contribution in [0.3, 0.4) is 0 Å². The molecule has 1 rings (SSSR count). The number of hydrogen-bond acceptors (Lipinski definition) is 2. The number of nitrogens with zero attached hydrogens (tertiary/aromatic N) is 1. The van der Waals surface area contributed by atoms with Crippen molar-refractivity contribution < 1.29 is 4.74 Å². The molecule has 13 heavy (non-hydrogen) atoms. The molecule has 0 radical (unpaired) electrons. The summed E-state index contributed by atoms with van der Waals surface area (Å²) in [6, 6.07) is 7.38. The van der Waals surface area contributed by atoms with Crippen molar-refractivity contribution in [3.05, 3.63) is 28.2 Å². The van der Waals surface area contributed by atoms with Gasteiger partial charge in [-0.2, -0.15) is 5.26 Å². The van der Waals surface area contributed by atoms with Gasteiger partial charge in [-0.25, -0.2) is 0 Å². The maximum Gasteiger partial charge on any atom is 0.134 e. The molecule has 1 aromatic carbocycles. The second-order valence-corrected chi connectivity index (χ2v) is 3.46. The fraction of sp³-hybridized carbons (Fsp3) is 0.300. The molecule has 0 aliphatic heterocycles. The lowest BCUT2D eigenvalue weighted by molar-refractivity contribution is 0.315. The summed E-state index contributed by atoms with van der Waals surface area (Å²) < 4.78 is 6.32. The zero-order valence-corrected chi connectivity index (χ0v) is 8.97. The van der Waals surface area contributed by atoms with E-state index in [4.69, 9.17) is 10.00 Å². The smallest absolute Gasteiger partial charge is 0.134 e. The van der Waals surface area contributed by atoms with E-state index in [-0.39, 0.29) is 0 Å². The Morgan fingerprint density at radius 2 is 2.31 bits per heavy atom. The fourth-order valence-corrected chi connectivity index (χ4v) is 1.26. The first-order valence-electron chi connectivity index (χ1n) is 4.10. The molecule has 0 bridgehead atoms. The minimum Gasteiger partial charge on any atom is -0.492 e. The molecule has 0 aliphatic rings. The van der Waals surface area contributed by atoms with E-state index < -0.39 is 0 Å². The predicted octanol–water partition coefficient (Wildman–Crippen LogP) is 3.11. The van der Waals surface area contributed by atoms with Gasteiger partial charge in [0, 0.05) is 0 Å². The van der Waals surface area contributed by atoms with E-state index >= 15 is 0 Å². The molecular weight excluding hydrogens is 230 g/mol. The lowest BCUT2D eigenvalue weighted by atomic mass is 10.2. The van der Waals surface area contributed by atoms with Gasteiger partial charge >= 0.3 is 0 Å². The van der Waals surface area contributed by atoms with Crippen LogP contribution < -0.4 is 4.74 Å². The Hall–Kier alpha value is -1.01. The topological polar surface area (TPSA) is 33.0 Å². The van der Waals surface area contributed by atoms with Gasteiger partial charge in [0.15, 0.2) is 0 Å². The molecule has 0 aromatic heterocycles. The molecule has 0 unspecified atom stereocenters. The second kappa shape index (κ2) is 4.88. The molecular formula is C10H10BrNO. The van der Waals surface area contributed by atoms with Gasteiger partial charge in [0.25, 0.3) is 0 Å². The first-order valence-corrected chi connectivity index (χ1v) is 4.89. The highest BCUT2D eigenvalue weighted by molar-refractivity contribution is 9.10. The van der Waals surface area contributed by atoms with Crippen molar-refractivity contribution in [2.24, 2.45) is 0 Å². The highest BCUT2D eigenvalue weighted by Crippen LogP contribution is 2.25. The molecule has 1 aromatic rings. The lowest BCUT2D eigenvalue weighted by Crippen LogP contribution is -1.95. The Kier molecular flexibility index (Phi) is 3.78. The van der Waals surface area contributed by atoms with Crippen LogP contribution in [0.1, 0.15) is 18.9 Å². The van der Waals surface area contributed by atoms with Crippen molar-refractivity contribution in [2.45, 2.75) is 13.3 Å². The van der Waals surface area contributed by atoms with Crippen LogP contribution in [0.15, 0.2) is 22.7 Å². The second-order valence-electron chi connectivity index (χ2n) is 2.61.